The highest BCUT2D eigenvalue weighted by Crippen LogP contribution is 2.25. The first-order chi connectivity index (χ1) is 14.1. The average molecular weight is 408 g/mol. The van der Waals surface area contributed by atoms with Crippen molar-refractivity contribution in [2.75, 3.05) is 7.05 Å². The van der Waals surface area contributed by atoms with Gasteiger partial charge in [0.05, 0.1) is 6.54 Å². The Morgan fingerprint density at radius 2 is 1.73 bits per heavy atom. The van der Waals surface area contributed by atoms with Gasteiger partial charge in [-0.1, -0.05) is 67.9 Å². The fraction of sp³-hybridized carbons (Fsp3) is 0.375. The van der Waals surface area contributed by atoms with E-state index >= 15 is 0 Å². The maximum absolute atomic E-state index is 12.7. The molecule has 6 heteroatoms. The molecule has 1 amide bonds. The fourth-order valence-electron chi connectivity index (χ4n) is 3.02. The van der Waals surface area contributed by atoms with E-state index in [4.69, 9.17) is 9.26 Å². The summed E-state index contributed by atoms with van der Waals surface area (Å²) in [7, 11) is 1.70. The smallest absolute Gasteiger partial charge is 0.263 e. The summed E-state index contributed by atoms with van der Waals surface area (Å²) < 4.78 is 11.1. The molecule has 3 rings (SSSR count). The minimum Gasteiger partial charge on any atom is -0.481 e. The van der Waals surface area contributed by atoms with Crippen LogP contribution >= 0.6 is 0 Å². The Bertz CT molecular complexity index is 986. The lowest BCUT2D eigenvalue weighted by molar-refractivity contribution is -0.137. The van der Waals surface area contributed by atoms with Gasteiger partial charge in [0.2, 0.25) is 11.7 Å². The predicted molar refractivity (Wildman–Crippen MR) is 116 cm³/mol. The SMILES string of the molecule is Cc1ccc(-c2noc(CN(C)C(=O)C(C)Oc3ccc(C(C)(C)C)cc3)n2)cc1. The number of likely N-dealkylation sites (N-methyl/N-ethyl adjacent to an activating group) is 1. The lowest BCUT2D eigenvalue weighted by atomic mass is 9.87. The van der Waals surface area contributed by atoms with Crippen molar-refractivity contribution < 1.29 is 14.1 Å². The third kappa shape index (κ3) is 5.26. The standard InChI is InChI=1S/C24H29N3O3/c1-16-7-9-18(10-8-16)22-25-21(30-26-22)15-27(6)23(28)17(2)29-20-13-11-19(12-14-20)24(3,4)5/h7-14,17H,15H2,1-6H3. The van der Waals surface area contributed by atoms with Gasteiger partial charge in [-0.05, 0) is 37.0 Å². The number of rotatable bonds is 6. The van der Waals surface area contributed by atoms with Gasteiger partial charge < -0.3 is 14.2 Å². The molecule has 0 saturated carbocycles. The molecular weight excluding hydrogens is 378 g/mol. The Kier molecular flexibility index (Phi) is 6.25. The highest BCUT2D eigenvalue weighted by Gasteiger charge is 2.22. The molecule has 0 aliphatic heterocycles. The third-order valence-corrected chi connectivity index (χ3v) is 4.91. The third-order valence-electron chi connectivity index (χ3n) is 4.91. The zero-order valence-electron chi connectivity index (χ0n) is 18.5. The van der Waals surface area contributed by atoms with Crippen molar-refractivity contribution in [3.8, 4) is 17.1 Å². The zero-order chi connectivity index (χ0) is 21.9. The molecule has 1 aromatic heterocycles. The molecule has 3 aromatic rings. The van der Waals surface area contributed by atoms with Crippen molar-refractivity contribution in [1.82, 2.24) is 15.0 Å². The molecule has 0 aliphatic rings. The Morgan fingerprint density at radius 1 is 1.10 bits per heavy atom. The van der Waals surface area contributed by atoms with Crippen LogP contribution in [0.2, 0.25) is 0 Å². The Labute approximate surface area is 177 Å². The van der Waals surface area contributed by atoms with E-state index in [1.807, 2.05) is 55.5 Å². The number of carbonyl (C=O) groups excluding carboxylic acids is 1. The number of benzene rings is 2. The first-order valence-corrected chi connectivity index (χ1v) is 10.1. The second-order valence-electron chi connectivity index (χ2n) is 8.61. The summed E-state index contributed by atoms with van der Waals surface area (Å²) in [6.07, 6.45) is -0.630. The van der Waals surface area contributed by atoms with Gasteiger partial charge in [-0.25, -0.2) is 0 Å². The maximum atomic E-state index is 12.7. The summed E-state index contributed by atoms with van der Waals surface area (Å²) in [5.74, 6) is 1.39. The van der Waals surface area contributed by atoms with E-state index in [-0.39, 0.29) is 17.9 Å². The molecular formula is C24H29N3O3. The van der Waals surface area contributed by atoms with Crippen molar-refractivity contribution in [2.24, 2.45) is 0 Å². The Hall–Kier alpha value is -3.15. The van der Waals surface area contributed by atoms with Crippen molar-refractivity contribution in [3.05, 3.63) is 65.5 Å². The van der Waals surface area contributed by atoms with E-state index in [0.29, 0.717) is 17.5 Å². The number of nitrogens with zero attached hydrogens (tertiary/aromatic N) is 3. The normalized spacial score (nSPS) is 12.5. The molecule has 2 aromatic carbocycles. The monoisotopic (exact) mass is 407 g/mol. The molecule has 0 radical (unpaired) electrons. The first-order valence-electron chi connectivity index (χ1n) is 10.1. The van der Waals surface area contributed by atoms with Crippen LogP contribution in [0, 0.1) is 6.92 Å². The summed E-state index contributed by atoms with van der Waals surface area (Å²) in [5.41, 5.74) is 3.32. The van der Waals surface area contributed by atoms with Crippen LogP contribution in [-0.4, -0.2) is 34.1 Å². The molecule has 0 saturated heterocycles. The summed E-state index contributed by atoms with van der Waals surface area (Å²) in [6.45, 7) is 10.5. The quantitative estimate of drug-likeness (QED) is 0.589. The van der Waals surface area contributed by atoms with Gasteiger partial charge in [0, 0.05) is 12.6 Å². The molecule has 0 aliphatic carbocycles. The average Bonchev–Trinajstić information content (AvgIpc) is 3.16. The van der Waals surface area contributed by atoms with Crippen molar-refractivity contribution in [2.45, 2.75) is 52.7 Å². The van der Waals surface area contributed by atoms with Crippen LogP contribution in [0.15, 0.2) is 53.1 Å². The number of hydrogen-bond donors (Lipinski definition) is 0. The van der Waals surface area contributed by atoms with Crippen LogP contribution < -0.4 is 4.74 Å². The molecule has 1 atom stereocenters. The lowest BCUT2D eigenvalue weighted by Crippen LogP contribution is -2.37. The van der Waals surface area contributed by atoms with E-state index in [2.05, 4.69) is 30.9 Å². The molecule has 1 unspecified atom stereocenters. The summed E-state index contributed by atoms with van der Waals surface area (Å²) in [5, 5.41) is 4.01. The molecule has 6 nitrogen and oxygen atoms in total. The highest BCUT2D eigenvalue weighted by molar-refractivity contribution is 5.80. The van der Waals surface area contributed by atoms with Crippen LogP contribution in [0.5, 0.6) is 5.75 Å². The van der Waals surface area contributed by atoms with Crippen LogP contribution in [0.25, 0.3) is 11.4 Å². The van der Waals surface area contributed by atoms with Crippen LogP contribution in [0.4, 0.5) is 0 Å². The number of aromatic nitrogens is 2. The van der Waals surface area contributed by atoms with Gasteiger partial charge >= 0.3 is 0 Å². The van der Waals surface area contributed by atoms with Crippen molar-refractivity contribution in [3.63, 3.8) is 0 Å². The second kappa shape index (κ2) is 8.69. The van der Waals surface area contributed by atoms with Gasteiger partial charge in [-0.3, -0.25) is 4.79 Å². The van der Waals surface area contributed by atoms with Crippen molar-refractivity contribution >= 4 is 5.91 Å². The van der Waals surface area contributed by atoms with Gasteiger partial charge in [-0.2, -0.15) is 4.98 Å². The van der Waals surface area contributed by atoms with Gasteiger partial charge in [0.15, 0.2) is 6.10 Å². The topological polar surface area (TPSA) is 68.5 Å². The molecule has 0 spiro atoms. The molecule has 158 valence electrons. The number of hydrogen-bond acceptors (Lipinski definition) is 5. The molecule has 0 fully saturated rings. The Morgan fingerprint density at radius 3 is 2.33 bits per heavy atom. The number of ether oxygens (including phenoxy) is 1. The zero-order valence-corrected chi connectivity index (χ0v) is 18.5. The number of amides is 1. The first kappa shape index (κ1) is 21.6. The van der Waals surface area contributed by atoms with Crippen molar-refractivity contribution in [1.29, 1.82) is 0 Å². The van der Waals surface area contributed by atoms with Gasteiger partial charge in [0.25, 0.3) is 5.91 Å². The van der Waals surface area contributed by atoms with E-state index in [1.165, 1.54) is 10.5 Å². The van der Waals surface area contributed by atoms with Crippen LogP contribution in [0.1, 0.15) is 44.7 Å². The van der Waals surface area contributed by atoms with Crippen LogP contribution in [0.3, 0.4) is 0 Å². The Balaban J connectivity index is 1.59. The molecule has 0 bridgehead atoms. The summed E-state index contributed by atoms with van der Waals surface area (Å²) in [4.78, 5) is 18.6. The number of carbonyl (C=O) groups is 1. The lowest BCUT2D eigenvalue weighted by Gasteiger charge is -2.22. The van der Waals surface area contributed by atoms with E-state index in [0.717, 1.165) is 11.1 Å². The maximum Gasteiger partial charge on any atom is 0.263 e. The van der Waals surface area contributed by atoms with E-state index < -0.39 is 6.10 Å². The summed E-state index contributed by atoms with van der Waals surface area (Å²) in [6, 6.07) is 15.7. The molecule has 1 heterocycles. The largest absolute Gasteiger partial charge is 0.481 e. The highest BCUT2D eigenvalue weighted by atomic mass is 16.5. The minimum absolute atomic E-state index is 0.0711. The predicted octanol–water partition coefficient (Wildman–Crippen LogP) is 4.77. The fourth-order valence-corrected chi connectivity index (χ4v) is 3.02. The van der Waals surface area contributed by atoms with E-state index in [9.17, 15) is 4.79 Å². The van der Waals surface area contributed by atoms with E-state index in [1.54, 1.807) is 14.0 Å². The van der Waals surface area contributed by atoms with Crippen LogP contribution in [-0.2, 0) is 16.8 Å². The molecule has 0 N–H and O–H groups in total. The summed E-state index contributed by atoms with van der Waals surface area (Å²) >= 11 is 0. The van der Waals surface area contributed by atoms with Gasteiger partial charge in [-0.15, -0.1) is 0 Å². The molecule has 30 heavy (non-hydrogen) atoms. The number of aryl methyl sites for hydroxylation is 1. The van der Waals surface area contributed by atoms with Gasteiger partial charge in [0.1, 0.15) is 5.75 Å². The minimum atomic E-state index is -0.630. The second-order valence-corrected chi connectivity index (χ2v) is 8.61.